The highest BCUT2D eigenvalue weighted by atomic mass is 16.5. The van der Waals surface area contributed by atoms with Crippen LogP contribution in [0.5, 0.6) is 0 Å². The molecule has 0 radical (unpaired) electrons. The van der Waals surface area contributed by atoms with Crippen LogP contribution in [0.4, 0.5) is 10.5 Å². The average molecular weight is 262 g/mol. The SMILES string of the molecule is Cc1ccc(C)c(NC(=O)N2CC(C)OC(C)C2)c1. The summed E-state index contributed by atoms with van der Waals surface area (Å²) in [5.74, 6) is 0. The second-order valence-corrected chi connectivity index (χ2v) is 5.41. The van der Waals surface area contributed by atoms with Gasteiger partial charge in [-0.3, -0.25) is 0 Å². The summed E-state index contributed by atoms with van der Waals surface area (Å²) in [6.45, 7) is 9.29. The molecule has 1 N–H and O–H groups in total. The molecule has 4 heteroatoms. The van der Waals surface area contributed by atoms with Gasteiger partial charge in [0, 0.05) is 18.8 Å². The number of aryl methyl sites for hydroxylation is 2. The molecule has 1 saturated heterocycles. The van der Waals surface area contributed by atoms with Gasteiger partial charge < -0.3 is 15.0 Å². The Morgan fingerprint density at radius 3 is 2.53 bits per heavy atom. The maximum atomic E-state index is 12.3. The van der Waals surface area contributed by atoms with Crippen LogP contribution in [0, 0.1) is 13.8 Å². The van der Waals surface area contributed by atoms with Crippen LogP contribution in [0.3, 0.4) is 0 Å². The highest BCUT2D eigenvalue weighted by molar-refractivity contribution is 5.90. The van der Waals surface area contributed by atoms with Gasteiger partial charge in [0.15, 0.2) is 0 Å². The summed E-state index contributed by atoms with van der Waals surface area (Å²) < 4.78 is 5.64. The van der Waals surface area contributed by atoms with Crippen molar-refractivity contribution < 1.29 is 9.53 Å². The lowest BCUT2D eigenvalue weighted by molar-refractivity contribution is -0.0530. The molecule has 0 bridgehead atoms. The second-order valence-electron chi connectivity index (χ2n) is 5.41. The summed E-state index contributed by atoms with van der Waals surface area (Å²) in [4.78, 5) is 14.1. The smallest absolute Gasteiger partial charge is 0.322 e. The van der Waals surface area contributed by atoms with Crippen LogP contribution in [-0.4, -0.2) is 36.2 Å². The van der Waals surface area contributed by atoms with Gasteiger partial charge in [-0.05, 0) is 44.9 Å². The van der Waals surface area contributed by atoms with Crippen molar-refractivity contribution in [2.24, 2.45) is 0 Å². The number of rotatable bonds is 1. The van der Waals surface area contributed by atoms with Crippen molar-refractivity contribution in [2.75, 3.05) is 18.4 Å². The summed E-state index contributed by atoms with van der Waals surface area (Å²) in [6.07, 6.45) is 0.182. The summed E-state index contributed by atoms with van der Waals surface area (Å²) in [6, 6.07) is 6.02. The summed E-state index contributed by atoms with van der Waals surface area (Å²) in [5, 5.41) is 2.99. The van der Waals surface area contributed by atoms with Crippen LogP contribution < -0.4 is 5.32 Å². The van der Waals surface area contributed by atoms with Crippen LogP contribution in [0.1, 0.15) is 25.0 Å². The normalized spacial score (nSPS) is 23.3. The molecule has 1 aliphatic rings. The maximum Gasteiger partial charge on any atom is 0.322 e. The van der Waals surface area contributed by atoms with Gasteiger partial charge in [0.25, 0.3) is 0 Å². The molecular weight excluding hydrogens is 240 g/mol. The Hall–Kier alpha value is -1.55. The van der Waals surface area contributed by atoms with E-state index in [1.165, 1.54) is 0 Å². The van der Waals surface area contributed by atoms with E-state index >= 15 is 0 Å². The zero-order chi connectivity index (χ0) is 14.0. The monoisotopic (exact) mass is 262 g/mol. The summed E-state index contributed by atoms with van der Waals surface area (Å²) in [5.41, 5.74) is 3.11. The number of anilines is 1. The number of nitrogens with zero attached hydrogens (tertiary/aromatic N) is 1. The molecular formula is C15H22N2O2. The number of carbonyl (C=O) groups is 1. The molecule has 1 aromatic rings. The largest absolute Gasteiger partial charge is 0.372 e. The average Bonchev–Trinajstić information content (AvgIpc) is 2.32. The Morgan fingerprint density at radius 1 is 1.26 bits per heavy atom. The molecule has 4 nitrogen and oxygen atoms in total. The van der Waals surface area contributed by atoms with E-state index < -0.39 is 0 Å². The Bertz CT molecular complexity index is 463. The number of hydrogen-bond donors (Lipinski definition) is 1. The van der Waals surface area contributed by atoms with Crippen LogP contribution in [-0.2, 0) is 4.74 Å². The van der Waals surface area contributed by atoms with Crippen molar-refractivity contribution in [1.29, 1.82) is 0 Å². The van der Waals surface area contributed by atoms with Crippen LogP contribution >= 0.6 is 0 Å². The van der Waals surface area contributed by atoms with Gasteiger partial charge in [0.2, 0.25) is 0 Å². The van der Waals surface area contributed by atoms with Gasteiger partial charge >= 0.3 is 6.03 Å². The predicted molar refractivity (Wildman–Crippen MR) is 76.5 cm³/mol. The number of hydrogen-bond acceptors (Lipinski definition) is 2. The molecule has 0 spiro atoms. The topological polar surface area (TPSA) is 41.6 Å². The standard InChI is InChI=1S/C15H22N2O2/c1-10-5-6-11(2)14(7-10)16-15(18)17-8-12(3)19-13(4)9-17/h5-7,12-13H,8-9H2,1-4H3,(H,16,18). The highest BCUT2D eigenvalue weighted by Crippen LogP contribution is 2.18. The Balaban J connectivity index is 2.06. The van der Waals surface area contributed by atoms with E-state index in [1.807, 2.05) is 50.8 Å². The number of amides is 2. The number of morpholine rings is 1. The lowest BCUT2D eigenvalue weighted by atomic mass is 10.1. The van der Waals surface area contributed by atoms with Gasteiger partial charge in [-0.25, -0.2) is 4.79 Å². The molecule has 2 atom stereocenters. The van der Waals surface area contributed by atoms with E-state index in [-0.39, 0.29) is 18.2 Å². The lowest BCUT2D eigenvalue weighted by Crippen LogP contribution is -2.49. The van der Waals surface area contributed by atoms with Gasteiger partial charge in [0.1, 0.15) is 0 Å². The first-order chi connectivity index (χ1) is 8.95. The van der Waals surface area contributed by atoms with E-state index in [4.69, 9.17) is 4.74 Å². The third-order valence-electron chi connectivity index (χ3n) is 3.34. The zero-order valence-corrected chi connectivity index (χ0v) is 12.1. The first-order valence-electron chi connectivity index (χ1n) is 6.74. The summed E-state index contributed by atoms with van der Waals surface area (Å²) in [7, 11) is 0. The molecule has 0 aliphatic carbocycles. The van der Waals surface area contributed by atoms with E-state index in [2.05, 4.69) is 5.32 Å². The molecule has 1 aromatic carbocycles. The van der Waals surface area contributed by atoms with Crippen molar-refractivity contribution in [3.63, 3.8) is 0 Å². The highest BCUT2D eigenvalue weighted by Gasteiger charge is 2.25. The second kappa shape index (κ2) is 5.61. The number of nitrogens with one attached hydrogen (secondary N) is 1. The first kappa shape index (κ1) is 13.9. The molecule has 1 heterocycles. The number of ether oxygens (including phenoxy) is 1. The minimum Gasteiger partial charge on any atom is -0.372 e. The fourth-order valence-electron chi connectivity index (χ4n) is 2.41. The summed E-state index contributed by atoms with van der Waals surface area (Å²) >= 11 is 0. The first-order valence-corrected chi connectivity index (χ1v) is 6.74. The number of benzene rings is 1. The molecule has 104 valence electrons. The van der Waals surface area contributed by atoms with Crippen molar-refractivity contribution in [2.45, 2.75) is 39.9 Å². The molecule has 1 aliphatic heterocycles. The Labute approximate surface area is 114 Å². The molecule has 19 heavy (non-hydrogen) atoms. The van der Waals surface area contributed by atoms with Gasteiger partial charge in [0.05, 0.1) is 12.2 Å². The maximum absolute atomic E-state index is 12.3. The van der Waals surface area contributed by atoms with E-state index in [0.717, 1.165) is 16.8 Å². The Kier molecular flexibility index (Phi) is 4.10. The molecule has 0 saturated carbocycles. The van der Waals surface area contributed by atoms with Crippen molar-refractivity contribution in [1.82, 2.24) is 4.90 Å². The molecule has 1 fully saturated rings. The van der Waals surface area contributed by atoms with Gasteiger partial charge in [-0.15, -0.1) is 0 Å². The van der Waals surface area contributed by atoms with E-state index in [9.17, 15) is 4.79 Å². The van der Waals surface area contributed by atoms with Crippen molar-refractivity contribution in [3.05, 3.63) is 29.3 Å². The van der Waals surface area contributed by atoms with Gasteiger partial charge in [-0.1, -0.05) is 12.1 Å². The minimum atomic E-state index is -0.0456. The fraction of sp³-hybridized carbons (Fsp3) is 0.533. The van der Waals surface area contributed by atoms with E-state index in [1.54, 1.807) is 0 Å². The third kappa shape index (κ3) is 3.47. The molecule has 2 rings (SSSR count). The quantitative estimate of drug-likeness (QED) is 0.845. The molecule has 0 aromatic heterocycles. The van der Waals surface area contributed by atoms with Crippen molar-refractivity contribution >= 4 is 11.7 Å². The fourth-order valence-corrected chi connectivity index (χ4v) is 2.41. The number of carbonyl (C=O) groups excluding carboxylic acids is 1. The Morgan fingerprint density at radius 2 is 1.89 bits per heavy atom. The van der Waals surface area contributed by atoms with E-state index in [0.29, 0.717) is 13.1 Å². The third-order valence-corrected chi connectivity index (χ3v) is 3.34. The van der Waals surface area contributed by atoms with Crippen LogP contribution in [0.15, 0.2) is 18.2 Å². The molecule has 2 unspecified atom stereocenters. The van der Waals surface area contributed by atoms with Crippen molar-refractivity contribution in [3.8, 4) is 0 Å². The minimum absolute atomic E-state index is 0.0456. The van der Waals surface area contributed by atoms with Crippen LogP contribution in [0.2, 0.25) is 0 Å². The predicted octanol–water partition coefficient (Wildman–Crippen LogP) is 2.94. The lowest BCUT2D eigenvalue weighted by Gasteiger charge is -2.35. The zero-order valence-electron chi connectivity index (χ0n) is 12.1. The molecule has 2 amide bonds. The van der Waals surface area contributed by atoms with Crippen LogP contribution in [0.25, 0.3) is 0 Å². The number of urea groups is 1. The van der Waals surface area contributed by atoms with Gasteiger partial charge in [-0.2, -0.15) is 0 Å².